The Morgan fingerprint density at radius 3 is 2.50 bits per heavy atom. The first-order valence-corrected chi connectivity index (χ1v) is 5.39. The number of nitrogens with zero attached hydrogens (tertiary/aromatic N) is 1. The van der Waals surface area contributed by atoms with Gasteiger partial charge in [-0.3, -0.25) is 10.1 Å². The van der Waals surface area contributed by atoms with Gasteiger partial charge in [0.05, 0.1) is 4.92 Å². The van der Waals surface area contributed by atoms with E-state index >= 15 is 0 Å². The zero-order valence-corrected chi connectivity index (χ0v) is 9.47. The highest BCUT2D eigenvalue weighted by Crippen LogP contribution is 2.23. The van der Waals surface area contributed by atoms with Crippen LogP contribution in [0.3, 0.4) is 0 Å². The number of hydrogen-bond donors (Lipinski definition) is 1. The molecule has 0 atom stereocenters. The van der Waals surface area contributed by atoms with Gasteiger partial charge in [-0.15, -0.1) is 0 Å². The monoisotopic (exact) mass is 246 g/mol. The lowest BCUT2D eigenvalue weighted by molar-refractivity contribution is -0.384. The van der Waals surface area contributed by atoms with Crippen LogP contribution in [0.1, 0.15) is 5.56 Å². The maximum Gasteiger partial charge on any atom is 0.292 e. The minimum absolute atomic E-state index is 0.0196. The summed E-state index contributed by atoms with van der Waals surface area (Å²) in [5.41, 5.74) is 0.829. The van der Waals surface area contributed by atoms with Gasteiger partial charge in [0.25, 0.3) is 5.69 Å². The van der Waals surface area contributed by atoms with Crippen LogP contribution in [0.25, 0.3) is 0 Å². The third-order valence-corrected chi connectivity index (χ3v) is 2.53. The molecule has 0 saturated carbocycles. The molecule has 0 amide bonds. The van der Waals surface area contributed by atoms with Crippen LogP contribution in [0.15, 0.2) is 48.5 Å². The van der Waals surface area contributed by atoms with Gasteiger partial charge in [-0.2, -0.15) is 0 Å². The van der Waals surface area contributed by atoms with Gasteiger partial charge in [0.2, 0.25) is 0 Å². The fourth-order valence-electron chi connectivity index (χ4n) is 1.61. The van der Waals surface area contributed by atoms with Crippen molar-refractivity contribution in [3.8, 4) is 0 Å². The average molecular weight is 246 g/mol. The van der Waals surface area contributed by atoms with Crippen molar-refractivity contribution in [2.24, 2.45) is 0 Å². The van der Waals surface area contributed by atoms with Gasteiger partial charge < -0.3 is 5.32 Å². The lowest BCUT2D eigenvalue weighted by Crippen LogP contribution is -2.03. The van der Waals surface area contributed by atoms with E-state index in [1.165, 1.54) is 12.1 Å². The zero-order valence-electron chi connectivity index (χ0n) is 9.47. The summed E-state index contributed by atoms with van der Waals surface area (Å²) >= 11 is 0. The average Bonchev–Trinajstić information content (AvgIpc) is 2.38. The van der Waals surface area contributed by atoms with Gasteiger partial charge in [0.15, 0.2) is 0 Å². The molecule has 2 rings (SSSR count). The maximum atomic E-state index is 13.4. The van der Waals surface area contributed by atoms with Gasteiger partial charge in [0, 0.05) is 18.2 Å². The Morgan fingerprint density at radius 2 is 1.78 bits per heavy atom. The van der Waals surface area contributed by atoms with E-state index in [4.69, 9.17) is 0 Å². The summed E-state index contributed by atoms with van der Waals surface area (Å²) in [6.07, 6.45) is 0. The highest BCUT2D eigenvalue weighted by Gasteiger charge is 2.12. The van der Waals surface area contributed by atoms with E-state index in [0.29, 0.717) is 11.3 Å². The Hall–Kier alpha value is -2.43. The molecule has 0 fully saturated rings. The molecular formula is C13H11FN2O2. The summed E-state index contributed by atoms with van der Waals surface area (Å²) in [7, 11) is 0. The molecule has 0 spiro atoms. The Kier molecular flexibility index (Phi) is 3.52. The van der Waals surface area contributed by atoms with Crippen LogP contribution < -0.4 is 5.32 Å². The second kappa shape index (κ2) is 5.27. The molecule has 18 heavy (non-hydrogen) atoms. The number of nitro benzene ring substituents is 1. The van der Waals surface area contributed by atoms with Gasteiger partial charge in [-0.25, -0.2) is 4.39 Å². The molecule has 0 radical (unpaired) electrons. The molecule has 5 heteroatoms. The molecule has 1 N–H and O–H groups in total. The first-order valence-electron chi connectivity index (χ1n) is 5.39. The molecular weight excluding hydrogens is 235 g/mol. The number of anilines is 1. The molecule has 4 nitrogen and oxygen atoms in total. The molecule has 2 aromatic rings. The molecule has 92 valence electrons. The van der Waals surface area contributed by atoms with Crippen LogP contribution in [0.5, 0.6) is 0 Å². The normalized spacial score (nSPS) is 10.1. The first kappa shape index (κ1) is 12.0. The minimum atomic E-state index is -0.469. The van der Waals surface area contributed by atoms with E-state index in [0.717, 1.165) is 0 Å². The highest BCUT2D eigenvalue weighted by molar-refractivity contribution is 5.61. The van der Waals surface area contributed by atoms with Gasteiger partial charge >= 0.3 is 0 Å². The van der Waals surface area contributed by atoms with Crippen molar-refractivity contribution < 1.29 is 9.31 Å². The highest BCUT2D eigenvalue weighted by atomic mass is 19.1. The number of halogens is 1. The Morgan fingerprint density at radius 1 is 1.11 bits per heavy atom. The second-order valence-electron chi connectivity index (χ2n) is 3.72. The standard InChI is InChI=1S/C13H11FN2O2/c14-11-6-2-1-5-10(11)9-15-12-7-3-4-8-13(12)16(17)18/h1-8,15H,9H2. The predicted octanol–water partition coefficient (Wildman–Crippen LogP) is 3.35. The molecule has 0 aromatic heterocycles. The molecule has 0 saturated heterocycles. The van der Waals surface area contributed by atoms with Gasteiger partial charge in [0.1, 0.15) is 11.5 Å². The SMILES string of the molecule is O=[N+]([O-])c1ccccc1NCc1ccccc1F. The minimum Gasteiger partial charge on any atom is -0.375 e. The van der Waals surface area contributed by atoms with E-state index in [2.05, 4.69) is 5.32 Å². The number of para-hydroxylation sites is 2. The third kappa shape index (κ3) is 2.63. The Bertz CT molecular complexity index is 572. The summed E-state index contributed by atoms with van der Waals surface area (Å²) in [6, 6.07) is 12.6. The fourth-order valence-corrected chi connectivity index (χ4v) is 1.61. The van der Waals surface area contributed by atoms with Crippen LogP contribution in [-0.2, 0) is 6.54 Å². The van der Waals surface area contributed by atoms with Crippen molar-refractivity contribution in [2.45, 2.75) is 6.54 Å². The first-order chi connectivity index (χ1) is 8.68. The number of nitrogens with one attached hydrogen (secondary N) is 1. The number of hydrogen-bond acceptors (Lipinski definition) is 3. The molecule has 2 aromatic carbocycles. The molecule has 0 unspecified atom stereocenters. The van der Waals surface area contributed by atoms with Crippen LogP contribution in [0.2, 0.25) is 0 Å². The predicted molar refractivity (Wildman–Crippen MR) is 66.8 cm³/mol. The van der Waals surface area contributed by atoms with Crippen molar-refractivity contribution in [1.82, 2.24) is 0 Å². The third-order valence-electron chi connectivity index (χ3n) is 2.53. The Balaban J connectivity index is 2.16. The van der Waals surface area contributed by atoms with Gasteiger partial charge in [-0.05, 0) is 12.1 Å². The summed E-state index contributed by atoms with van der Waals surface area (Å²) in [5, 5.41) is 13.7. The van der Waals surface area contributed by atoms with Crippen LogP contribution in [0, 0.1) is 15.9 Å². The zero-order chi connectivity index (χ0) is 13.0. The fraction of sp³-hybridized carbons (Fsp3) is 0.0769. The topological polar surface area (TPSA) is 55.2 Å². The molecule has 0 bridgehead atoms. The number of rotatable bonds is 4. The van der Waals surface area contributed by atoms with Crippen molar-refractivity contribution in [2.75, 3.05) is 5.32 Å². The molecule has 0 aliphatic heterocycles. The largest absolute Gasteiger partial charge is 0.375 e. The molecule has 0 heterocycles. The molecule has 0 aliphatic rings. The van der Waals surface area contributed by atoms with E-state index in [1.54, 1.807) is 36.4 Å². The lowest BCUT2D eigenvalue weighted by Gasteiger charge is -2.07. The smallest absolute Gasteiger partial charge is 0.292 e. The lowest BCUT2D eigenvalue weighted by atomic mass is 10.2. The van der Waals surface area contributed by atoms with Crippen LogP contribution in [0.4, 0.5) is 15.8 Å². The second-order valence-corrected chi connectivity index (χ2v) is 3.72. The number of nitro groups is 1. The summed E-state index contributed by atoms with van der Waals surface area (Å²) in [6.45, 7) is 0.206. The Labute approximate surface area is 103 Å². The van der Waals surface area contributed by atoms with E-state index in [9.17, 15) is 14.5 Å². The van der Waals surface area contributed by atoms with Crippen molar-refractivity contribution >= 4 is 11.4 Å². The molecule has 0 aliphatic carbocycles. The van der Waals surface area contributed by atoms with Crippen molar-refractivity contribution in [3.05, 3.63) is 70.0 Å². The van der Waals surface area contributed by atoms with Crippen molar-refractivity contribution in [1.29, 1.82) is 0 Å². The summed E-state index contributed by atoms with van der Waals surface area (Å²) < 4.78 is 13.4. The van der Waals surface area contributed by atoms with Gasteiger partial charge in [-0.1, -0.05) is 30.3 Å². The summed E-state index contributed by atoms with van der Waals surface area (Å²) in [4.78, 5) is 10.3. The van der Waals surface area contributed by atoms with E-state index in [1.807, 2.05) is 0 Å². The number of benzene rings is 2. The van der Waals surface area contributed by atoms with E-state index < -0.39 is 4.92 Å². The maximum absolute atomic E-state index is 13.4. The van der Waals surface area contributed by atoms with E-state index in [-0.39, 0.29) is 18.0 Å². The van der Waals surface area contributed by atoms with Crippen LogP contribution >= 0.6 is 0 Å². The van der Waals surface area contributed by atoms with Crippen molar-refractivity contribution in [3.63, 3.8) is 0 Å². The summed E-state index contributed by atoms with van der Waals surface area (Å²) in [5.74, 6) is -0.330. The van der Waals surface area contributed by atoms with Crippen LogP contribution in [-0.4, -0.2) is 4.92 Å². The quantitative estimate of drug-likeness (QED) is 0.664.